The van der Waals surface area contributed by atoms with E-state index in [2.05, 4.69) is 0 Å². The number of alkyl halides is 5. The first-order valence-corrected chi connectivity index (χ1v) is 4.57. The van der Waals surface area contributed by atoms with E-state index in [1.165, 1.54) is 12.1 Å². The average Bonchev–Trinajstić information content (AvgIpc) is 2.59. The summed E-state index contributed by atoms with van der Waals surface area (Å²) < 4.78 is 62.8. The van der Waals surface area contributed by atoms with Gasteiger partial charge in [-0.05, 0) is 17.5 Å². The highest BCUT2D eigenvalue weighted by molar-refractivity contribution is 5.77. The van der Waals surface area contributed by atoms with Crippen LogP contribution in [-0.2, 0) is 6.42 Å². The molecular weight excluding hydrogens is 227 g/mol. The molecule has 0 heterocycles. The largest absolute Gasteiger partial charge is 0.458 e. The Labute approximate surface area is 88.4 Å². The second-order valence-electron chi connectivity index (χ2n) is 3.55. The Hall–Kier alpha value is -1.39. The van der Waals surface area contributed by atoms with Crippen LogP contribution in [0, 0.1) is 0 Å². The SMILES string of the molecule is FC(F)(F)C(F)(F)C1=CCc2ccccc21. The van der Waals surface area contributed by atoms with Gasteiger partial charge in [0, 0.05) is 5.57 Å². The van der Waals surface area contributed by atoms with Crippen molar-refractivity contribution >= 4 is 5.57 Å². The molecule has 0 radical (unpaired) electrons. The van der Waals surface area contributed by atoms with Gasteiger partial charge in [-0.2, -0.15) is 22.0 Å². The molecule has 0 saturated heterocycles. The molecule has 0 atom stereocenters. The van der Waals surface area contributed by atoms with Gasteiger partial charge in [-0.25, -0.2) is 0 Å². The highest BCUT2D eigenvalue weighted by atomic mass is 19.4. The standard InChI is InChI=1S/C11H7F5/c12-10(13,11(14,15)16)9-6-5-7-3-1-2-4-8(7)9/h1-4,6H,5H2. The summed E-state index contributed by atoms with van der Waals surface area (Å²) >= 11 is 0. The van der Waals surface area contributed by atoms with E-state index in [1.807, 2.05) is 0 Å². The summed E-state index contributed by atoms with van der Waals surface area (Å²) in [7, 11) is 0. The molecule has 0 fully saturated rings. The summed E-state index contributed by atoms with van der Waals surface area (Å²) in [6, 6.07) is 5.89. The van der Waals surface area contributed by atoms with E-state index in [4.69, 9.17) is 0 Å². The molecule has 16 heavy (non-hydrogen) atoms. The van der Waals surface area contributed by atoms with Crippen LogP contribution in [0.3, 0.4) is 0 Å². The van der Waals surface area contributed by atoms with Crippen molar-refractivity contribution in [3.05, 3.63) is 41.5 Å². The number of halogens is 5. The van der Waals surface area contributed by atoms with Crippen molar-refractivity contribution in [1.82, 2.24) is 0 Å². The van der Waals surface area contributed by atoms with Gasteiger partial charge in [0.15, 0.2) is 0 Å². The van der Waals surface area contributed by atoms with Crippen LogP contribution in [0.25, 0.3) is 5.57 Å². The van der Waals surface area contributed by atoms with Gasteiger partial charge in [0.2, 0.25) is 0 Å². The first kappa shape index (κ1) is 11.1. The van der Waals surface area contributed by atoms with Gasteiger partial charge in [-0.1, -0.05) is 30.3 Å². The molecular formula is C11H7F5. The lowest BCUT2D eigenvalue weighted by molar-refractivity contribution is -0.253. The van der Waals surface area contributed by atoms with Crippen LogP contribution >= 0.6 is 0 Å². The number of hydrogen-bond acceptors (Lipinski definition) is 0. The third-order valence-electron chi connectivity index (χ3n) is 2.53. The fraction of sp³-hybridized carbons (Fsp3) is 0.273. The van der Waals surface area contributed by atoms with Gasteiger partial charge in [0.1, 0.15) is 0 Å². The summed E-state index contributed by atoms with van der Waals surface area (Å²) in [5, 5.41) is 0. The molecule has 0 saturated carbocycles. The van der Waals surface area contributed by atoms with Gasteiger partial charge in [-0.15, -0.1) is 0 Å². The summed E-state index contributed by atoms with van der Waals surface area (Å²) in [5.41, 5.74) is -0.443. The summed E-state index contributed by atoms with van der Waals surface area (Å²) in [4.78, 5) is 0. The Kier molecular flexibility index (Phi) is 2.29. The van der Waals surface area contributed by atoms with Gasteiger partial charge in [0.25, 0.3) is 0 Å². The molecule has 0 aliphatic heterocycles. The van der Waals surface area contributed by atoms with Gasteiger partial charge >= 0.3 is 12.1 Å². The lowest BCUT2D eigenvalue weighted by Gasteiger charge is -2.21. The maximum atomic E-state index is 13.1. The van der Waals surface area contributed by atoms with Crippen LogP contribution in [0.1, 0.15) is 11.1 Å². The predicted octanol–water partition coefficient (Wildman–Crippen LogP) is 3.82. The fourth-order valence-corrected chi connectivity index (χ4v) is 1.73. The summed E-state index contributed by atoms with van der Waals surface area (Å²) in [6.45, 7) is 0. The van der Waals surface area contributed by atoms with Crippen LogP contribution in [-0.4, -0.2) is 12.1 Å². The molecule has 1 aromatic rings. The number of hydrogen-bond donors (Lipinski definition) is 0. The Morgan fingerprint density at radius 1 is 0.938 bits per heavy atom. The zero-order valence-electron chi connectivity index (χ0n) is 7.98. The highest BCUT2D eigenvalue weighted by Crippen LogP contribution is 2.47. The fourth-order valence-electron chi connectivity index (χ4n) is 1.73. The Bertz CT molecular complexity index is 442. The zero-order valence-corrected chi connectivity index (χ0v) is 7.98. The number of benzene rings is 1. The smallest absolute Gasteiger partial charge is 0.191 e. The van der Waals surface area contributed by atoms with E-state index in [-0.39, 0.29) is 12.0 Å². The first-order valence-electron chi connectivity index (χ1n) is 4.57. The maximum Gasteiger partial charge on any atom is 0.458 e. The van der Waals surface area contributed by atoms with Crippen LogP contribution in [0.15, 0.2) is 30.3 Å². The van der Waals surface area contributed by atoms with E-state index in [0.29, 0.717) is 5.56 Å². The number of allylic oxidation sites excluding steroid dienone is 2. The normalized spacial score (nSPS) is 15.9. The van der Waals surface area contributed by atoms with E-state index in [1.54, 1.807) is 12.1 Å². The van der Waals surface area contributed by atoms with Crippen molar-refractivity contribution in [3.8, 4) is 0 Å². The quantitative estimate of drug-likeness (QED) is 0.648. The van der Waals surface area contributed by atoms with Crippen molar-refractivity contribution in [2.45, 2.75) is 18.5 Å². The molecule has 86 valence electrons. The average molecular weight is 234 g/mol. The Morgan fingerprint density at radius 3 is 2.19 bits per heavy atom. The van der Waals surface area contributed by atoms with Gasteiger partial charge in [-0.3, -0.25) is 0 Å². The minimum atomic E-state index is -5.55. The van der Waals surface area contributed by atoms with Crippen LogP contribution in [0.4, 0.5) is 22.0 Å². The number of rotatable bonds is 1. The van der Waals surface area contributed by atoms with E-state index in [9.17, 15) is 22.0 Å². The molecule has 1 aliphatic rings. The van der Waals surface area contributed by atoms with Crippen molar-refractivity contribution in [2.24, 2.45) is 0 Å². The van der Waals surface area contributed by atoms with Crippen LogP contribution in [0.5, 0.6) is 0 Å². The molecule has 0 N–H and O–H groups in total. The highest BCUT2D eigenvalue weighted by Gasteiger charge is 2.60. The predicted molar refractivity (Wildman–Crippen MR) is 49.1 cm³/mol. The zero-order chi connectivity index (χ0) is 12.0. The molecule has 1 aliphatic carbocycles. The molecule has 0 spiro atoms. The number of fused-ring (bicyclic) bond motifs is 1. The van der Waals surface area contributed by atoms with Gasteiger partial charge < -0.3 is 0 Å². The second-order valence-corrected chi connectivity index (χ2v) is 3.55. The Morgan fingerprint density at radius 2 is 1.56 bits per heavy atom. The first-order chi connectivity index (χ1) is 7.34. The van der Waals surface area contributed by atoms with E-state index in [0.717, 1.165) is 6.08 Å². The lowest BCUT2D eigenvalue weighted by Crippen LogP contribution is -2.37. The Balaban J connectivity index is 2.46. The topological polar surface area (TPSA) is 0 Å². The van der Waals surface area contributed by atoms with Crippen LogP contribution in [0.2, 0.25) is 0 Å². The summed E-state index contributed by atoms with van der Waals surface area (Å²) in [6.07, 6.45) is -4.48. The molecule has 0 unspecified atom stereocenters. The molecule has 0 nitrogen and oxygen atoms in total. The van der Waals surface area contributed by atoms with Crippen molar-refractivity contribution in [1.29, 1.82) is 0 Å². The molecule has 1 aromatic carbocycles. The molecule has 5 heteroatoms. The molecule has 0 bridgehead atoms. The molecule has 0 aromatic heterocycles. The van der Waals surface area contributed by atoms with Crippen molar-refractivity contribution in [2.75, 3.05) is 0 Å². The minimum absolute atomic E-state index is 0.00942. The minimum Gasteiger partial charge on any atom is -0.191 e. The third-order valence-corrected chi connectivity index (χ3v) is 2.53. The second kappa shape index (κ2) is 3.30. The van der Waals surface area contributed by atoms with Crippen LogP contribution < -0.4 is 0 Å². The molecule has 2 rings (SSSR count). The van der Waals surface area contributed by atoms with E-state index < -0.39 is 17.7 Å². The third kappa shape index (κ3) is 1.50. The van der Waals surface area contributed by atoms with E-state index >= 15 is 0 Å². The maximum absolute atomic E-state index is 13.1. The van der Waals surface area contributed by atoms with Crippen molar-refractivity contribution in [3.63, 3.8) is 0 Å². The monoisotopic (exact) mass is 234 g/mol. The van der Waals surface area contributed by atoms with Crippen molar-refractivity contribution < 1.29 is 22.0 Å². The summed E-state index contributed by atoms with van der Waals surface area (Å²) in [5.74, 6) is -4.78. The molecule has 0 amide bonds. The lowest BCUT2D eigenvalue weighted by atomic mass is 10.0. The van der Waals surface area contributed by atoms with Gasteiger partial charge in [0.05, 0.1) is 0 Å².